The standard InChI is InChI=1S/C23H23N3O4S/c1-14-15-10-18-19(30-8-7-29-18)11-17(15)23(4-2-3-5-23)13-26(14)21(28)16-12-24-22-25(20(16)27)6-9-31-22/h6,9-12,14H,2-5,7-8,13H2,1H3. The van der Waals surface area contributed by atoms with Gasteiger partial charge in [-0.05, 0) is 43.0 Å². The third kappa shape index (κ3) is 2.74. The summed E-state index contributed by atoms with van der Waals surface area (Å²) in [6, 6.07) is 4.01. The predicted octanol–water partition coefficient (Wildman–Crippen LogP) is 3.56. The lowest BCUT2D eigenvalue weighted by atomic mass is 9.71. The number of aromatic nitrogens is 2. The molecule has 7 nitrogen and oxygen atoms in total. The molecule has 1 unspecified atom stereocenters. The first-order valence-corrected chi connectivity index (χ1v) is 11.7. The van der Waals surface area contributed by atoms with E-state index in [1.165, 1.54) is 27.5 Å². The van der Waals surface area contributed by atoms with Crippen molar-refractivity contribution in [3.63, 3.8) is 0 Å². The number of amides is 1. The fourth-order valence-corrected chi connectivity index (χ4v) is 6.15. The molecule has 4 heterocycles. The van der Waals surface area contributed by atoms with Crippen molar-refractivity contribution in [1.29, 1.82) is 0 Å². The van der Waals surface area contributed by atoms with Gasteiger partial charge in [0.05, 0.1) is 6.04 Å². The second-order valence-electron chi connectivity index (χ2n) is 8.71. The topological polar surface area (TPSA) is 73.1 Å². The van der Waals surface area contributed by atoms with Crippen LogP contribution in [0.25, 0.3) is 4.96 Å². The quantitative estimate of drug-likeness (QED) is 0.582. The highest BCUT2D eigenvalue weighted by atomic mass is 32.1. The summed E-state index contributed by atoms with van der Waals surface area (Å²) in [5.74, 6) is 1.28. The summed E-state index contributed by atoms with van der Waals surface area (Å²) in [5, 5.41) is 1.80. The monoisotopic (exact) mass is 437 g/mol. The first kappa shape index (κ1) is 18.9. The van der Waals surface area contributed by atoms with E-state index in [0.717, 1.165) is 42.7 Å². The largest absolute Gasteiger partial charge is 0.486 e. The Bertz CT molecular complexity index is 1260. The second kappa shape index (κ2) is 6.82. The van der Waals surface area contributed by atoms with Crippen LogP contribution in [0, 0.1) is 0 Å². The first-order valence-electron chi connectivity index (χ1n) is 10.8. The van der Waals surface area contributed by atoms with E-state index in [9.17, 15) is 9.59 Å². The number of carbonyl (C=O) groups is 1. The summed E-state index contributed by atoms with van der Waals surface area (Å²) >= 11 is 1.38. The summed E-state index contributed by atoms with van der Waals surface area (Å²) in [4.78, 5) is 33.4. The van der Waals surface area contributed by atoms with Crippen molar-refractivity contribution < 1.29 is 14.3 Å². The molecule has 1 amide bonds. The Kier molecular flexibility index (Phi) is 4.15. The average molecular weight is 438 g/mol. The highest BCUT2D eigenvalue weighted by Crippen LogP contribution is 2.52. The zero-order valence-corrected chi connectivity index (χ0v) is 18.1. The molecule has 3 aliphatic rings. The van der Waals surface area contributed by atoms with Gasteiger partial charge in [0.15, 0.2) is 16.5 Å². The maximum Gasteiger partial charge on any atom is 0.271 e. The number of nitrogens with zero attached hydrogens (tertiary/aromatic N) is 3. The van der Waals surface area contributed by atoms with Crippen LogP contribution in [0.3, 0.4) is 0 Å². The zero-order chi connectivity index (χ0) is 21.2. The summed E-state index contributed by atoms with van der Waals surface area (Å²) < 4.78 is 13.2. The van der Waals surface area contributed by atoms with Gasteiger partial charge >= 0.3 is 0 Å². The number of carbonyl (C=O) groups excluding carboxylic acids is 1. The molecule has 1 saturated carbocycles. The van der Waals surface area contributed by atoms with Gasteiger partial charge in [0.25, 0.3) is 11.5 Å². The fraction of sp³-hybridized carbons (Fsp3) is 0.435. The first-order chi connectivity index (χ1) is 15.1. The van der Waals surface area contributed by atoms with Crippen LogP contribution in [0.2, 0.25) is 0 Å². The number of hydrogen-bond donors (Lipinski definition) is 0. The molecule has 0 saturated heterocycles. The minimum Gasteiger partial charge on any atom is -0.486 e. The Balaban J connectivity index is 1.47. The summed E-state index contributed by atoms with van der Waals surface area (Å²) in [6.45, 7) is 3.71. The van der Waals surface area contributed by atoms with Crippen molar-refractivity contribution in [3.8, 4) is 11.5 Å². The van der Waals surface area contributed by atoms with Crippen LogP contribution >= 0.6 is 11.3 Å². The summed E-state index contributed by atoms with van der Waals surface area (Å²) in [7, 11) is 0. The van der Waals surface area contributed by atoms with Gasteiger partial charge < -0.3 is 14.4 Å². The van der Waals surface area contributed by atoms with Crippen LogP contribution in [0.1, 0.15) is 60.1 Å². The van der Waals surface area contributed by atoms with Crippen molar-refractivity contribution in [3.05, 3.63) is 57.0 Å². The highest BCUT2D eigenvalue weighted by Gasteiger charge is 2.46. The molecule has 8 heteroatoms. The molecular formula is C23H23N3O4S. The third-order valence-electron chi connectivity index (χ3n) is 7.07. The number of thiazole rings is 1. The number of benzene rings is 1. The van der Waals surface area contributed by atoms with E-state index in [2.05, 4.69) is 11.1 Å². The van der Waals surface area contributed by atoms with Crippen LogP contribution in [0.15, 0.2) is 34.7 Å². The van der Waals surface area contributed by atoms with Crippen LogP contribution in [-0.2, 0) is 5.41 Å². The maximum atomic E-state index is 13.7. The summed E-state index contributed by atoms with van der Waals surface area (Å²) in [5.41, 5.74) is 2.07. The highest BCUT2D eigenvalue weighted by molar-refractivity contribution is 7.15. The Labute approximate surface area is 183 Å². The maximum absolute atomic E-state index is 13.7. The number of rotatable bonds is 1. The molecule has 2 aliphatic heterocycles. The SMILES string of the molecule is CC1c2cc3c(cc2C2(CCCC2)CN1C(=O)c1cnc2sccn2c1=O)OCCO3. The average Bonchev–Trinajstić information content (AvgIpc) is 3.46. The zero-order valence-electron chi connectivity index (χ0n) is 17.3. The lowest BCUT2D eigenvalue weighted by molar-refractivity contribution is 0.0590. The van der Waals surface area contributed by atoms with Gasteiger partial charge in [-0.2, -0.15) is 0 Å². The normalized spacial score (nSPS) is 21.5. The van der Waals surface area contributed by atoms with Gasteiger partial charge in [-0.3, -0.25) is 14.0 Å². The third-order valence-corrected chi connectivity index (χ3v) is 7.84. The molecule has 1 atom stereocenters. The minimum absolute atomic E-state index is 0.108. The number of hydrogen-bond acceptors (Lipinski definition) is 6. The van der Waals surface area contributed by atoms with E-state index in [0.29, 0.717) is 24.7 Å². The Morgan fingerprint density at radius 3 is 2.71 bits per heavy atom. The summed E-state index contributed by atoms with van der Waals surface area (Å²) in [6.07, 6.45) is 7.42. The van der Waals surface area contributed by atoms with Crippen LogP contribution < -0.4 is 15.0 Å². The van der Waals surface area contributed by atoms with E-state index >= 15 is 0 Å². The molecule has 31 heavy (non-hydrogen) atoms. The van der Waals surface area contributed by atoms with Gasteiger partial charge in [0.1, 0.15) is 18.8 Å². The lowest BCUT2D eigenvalue weighted by Gasteiger charge is -2.46. The van der Waals surface area contributed by atoms with Crippen molar-refractivity contribution >= 4 is 22.2 Å². The molecule has 2 aromatic heterocycles. The van der Waals surface area contributed by atoms with Crippen molar-refractivity contribution in [2.24, 2.45) is 0 Å². The molecule has 3 aromatic rings. The van der Waals surface area contributed by atoms with Crippen molar-refractivity contribution in [2.45, 2.75) is 44.1 Å². The molecular weight excluding hydrogens is 414 g/mol. The lowest BCUT2D eigenvalue weighted by Crippen LogP contribution is -2.49. The van der Waals surface area contributed by atoms with Crippen LogP contribution in [0.5, 0.6) is 11.5 Å². The molecule has 0 N–H and O–H groups in total. The molecule has 1 aromatic carbocycles. The smallest absolute Gasteiger partial charge is 0.271 e. The van der Waals surface area contributed by atoms with E-state index in [1.807, 2.05) is 17.9 Å². The second-order valence-corrected chi connectivity index (χ2v) is 9.59. The molecule has 1 spiro atoms. The molecule has 1 fully saturated rings. The van der Waals surface area contributed by atoms with E-state index in [-0.39, 0.29) is 28.5 Å². The Morgan fingerprint density at radius 2 is 1.94 bits per heavy atom. The van der Waals surface area contributed by atoms with E-state index in [4.69, 9.17) is 9.47 Å². The van der Waals surface area contributed by atoms with Crippen molar-refractivity contribution in [1.82, 2.24) is 14.3 Å². The van der Waals surface area contributed by atoms with Crippen molar-refractivity contribution in [2.75, 3.05) is 19.8 Å². The number of fused-ring (bicyclic) bond motifs is 4. The van der Waals surface area contributed by atoms with Crippen LogP contribution in [-0.4, -0.2) is 40.0 Å². The molecule has 0 radical (unpaired) electrons. The Morgan fingerprint density at radius 1 is 1.19 bits per heavy atom. The number of ether oxygens (including phenoxy) is 2. The molecule has 0 bridgehead atoms. The van der Waals surface area contributed by atoms with E-state index in [1.54, 1.807) is 11.6 Å². The van der Waals surface area contributed by atoms with Gasteiger partial charge in [0.2, 0.25) is 0 Å². The van der Waals surface area contributed by atoms with E-state index < -0.39 is 0 Å². The molecule has 1 aliphatic carbocycles. The van der Waals surface area contributed by atoms with Gasteiger partial charge in [-0.1, -0.05) is 12.8 Å². The fourth-order valence-electron chi connectivity index (χ4n) is 5.48. The predicted molar refractivity (Wildman–Crippen MR) is 116 cm³/mol. The minimum atomic E-state index is -0.308. The van der Waals surface area contributed by atoms with Gasteiger partial charge in [0, 0.05) is 29.7 Å². The molecule has 160 valence electrons. The van der Waals surface area contributed by atoms with Crippen LogP contribution in [0.4, 0.5) is 0 Å². The van der Waals surface area contributed by atoms with Gasteiger partial charge in [-0.15, -0.1) is 11.3 Å². The van der Waals surface area contributed by atoms with Gasteiger partial charge in [-0.25, -0.2) is 4.98 Å². The Hall–Kier alpha value is -2.87. The molecule has 6 rings (SSSR count).